The number of nitrogens with zero attached hydrogens (tertiary/aromatic N) is 4. The number of benzene rings is 1. The molecule has 0 saturated heterocycles. The van der Waals surface area contributed by atoms with Crippen LogP contribution in [0.25, 0.3) is 21.8 Å². The van der Waals surface area contributed by atoms with Gasteiger partial charge < -0.3 is 5.32 Å². The van der Waals surface area contributed by atoms with E-state index < -0.39 is 6.04 Å². The quantitative estimate of drug-likeness (QED) is 0.470. The number of aromatic nitrogens is 4. The molecule has 0 aliphatic heterocycles. The molecule has 1 aromatic carbocycles. The van der Waals surface area contributed by atoms with Gasteiger partial charge in [-0.05, 0) is 30.5 Å². The molecule has 32 heavy (non-hydrogen) atoms. The van der Waals surface area contributed by atoms with Crippen molar-refractivity contribution >= 4 is 17.2 Å². The Bertz CT molecular complexity index is 1330. The Morgan fingerprint density at radius 3 is 2.44 bits per heavy atom. The third kappa shape index (κ3) is 4.73. The summed E-state index contributed by atoms with van der Waals surface area (Å²) >= 11 is 1.53. The predicted molar refractivity (Wildman–Crippen MR) is 123 cm³/mol. The number of amides is 1. The average molecular weight is 448 g/mol. The van der Waals surface area contributed by atoms with Crippen LogP contribution in [-0.4, -0.2) is 32.0 Å². The molecule has 4 rings (SSSR count). The molecule has 3 aromatic heterocycles. The van der Waals surface area contributed by atoms with Gasteiger partial charge in [-0.15, -0.1) is 11.3 Å². The molecule has 8 nitrogen and oxygen atoms in total. The average Bonchev–Trinajstić information content (AvgIpc) is 3.36. The normalized spacial score (nSPS) is 11.8. The maximum absolute atomic E-state index is 12.7. The van der Waals surface area contributed by atoms with Crippen LogP contribution in [0.5, 0.6) is 0 Å². The van der Waals surface area contributed by atoms with Gasteiger partial charge >= 0.3 is 0 Å². The molecule has 1 N–H and O–H groups in total. The summed E-state index contributed by atoms with van der Waals surface area (Å²) in [5.74, 6) is -0.368. The Morgan fingerprint density at radius 2 is 1.69 bits per heavy atom. The van der Waals surface area contributed by atoms with Crippen LogP contribution in [0, 0.1) is 0 Å². The summed E-state index contributed by atoms with van der Waals surface area (Å²) in [6.45, 7) is 2.01. The minimum absolute atomic E-state index is 0.192. The van der Waals surface area contributed by atoms with E-state index in [1.807, 2.05) is 47.8 Å². The molecule has 0 spiro atoms. The molecule has 0 bridgehead atoms. The smallest absolute Gasteiger partial charge is 0.267 e. The van der Waals surface area contributed by atoms with E-state index in [0.29, 0.717) is 11.4 Å². The number of nitrogens with one attached hydrogen (secondary N) is 1. The number of carbonyl (C=O) groups excluding carboxylic acids is 1. The summed E-state index contributed by atoms with van der Waals surface area (Å²) in [6.07, 6.45) is 0. The summed E-state index contributed by atoms with van der Waals surface area (Å²) in [4.78, 5) is 38.0. The lowest BCUT2D eigenvalue weighted by Gasteiger charge is -2.15. The monoisotopic (exact) mass is 447 g/mol. The fraction of sp³-hybridized carbons (Fsp3) is 0.174. The van der Waals surface area contributed by atoms with E-state index in [1.54, 1.807) is 19.1 Å². The largest absolute Gasteiger partial charge is 0.352 e. The number of carbonyl (C=O) groups is 1. The summed E-state index contributed by atoms with van der Waals surface area (Å²) in [5.41, 5.74) is 1.54. The van der Waals surface area contributed by atoms with E-state index in [-0.39, 0.29) is 30.1 Å². The Labute approximate surface area is 187 Å². The van der Waals surface area contributed by atoms with Gasteiger partial charge in [-0.3, -0.25) is 14.4 Å². The molecule has 0 radical (unpaired) electrons. The van der Waals surface area contributed by atoms with Crippen LogP contribution in [0.4, 0.5) is 0 Å². The fourth-order valence-electron chi connectivity index (χ4n) is 3.17. The van der Waals surface area contributed by atoms with Gasteiger partial charge in [0.05, 0.1) is 17.1 Å². The summed E-state index contributed by atoms with van der Waals surface area (Å²) < 4.78 is 2.49. The Hall–Kier alpha value is -3.85. The molecule has 0 aliphatic rings. The molecule has 4 aromatic rings. The SMILES string of the molecule is CC(C(=O)NCCn1nc(-c2cccs2)ccc1=O)n1nc(-c2ccccc2)ccc1=O. The topological polar surface area (TPSA) is 98.9 Å². The summed E-state index contributed by atoms with van der Waals surface area (Å²) in [6, 6.07) is 18.6. The van der Waals surface area contributed by atoms with Crippen molar-refractivity contribution in [1.29, 1.82) is 0 Å². The Morgan fingerprint density at radius 1 is 0.938 bits per heavy atom. The van der Waals surface area contributed by atoms with Crippen molar-refractivity contribution in [2.24, 2.45) is 0 Å². The second-order valence-corrected chi connectivity index (χ2v) is 8.04. The van der Waals surface area contributed by atoms with Gasteiger partial charge in [0.15, 0.2) is 0 Å². The highest BCUT2D eigenvalue weighted by atomic mass is 32.1. The lowest BCUT2D eigenvalue weighted by atomic mass is 10.1. The second kappa shape index (κ2) is 9.52. The van der Waals surface area contributed by atoms with Gasteiger partial charge in [0.25, 0.3) is 11.1 Å². The molecule has 1 amide bonds. The second-order valence-electron chi connectivity index (χ2n) is 7.09. The predicted octanol–water partition coefficient (Wildman–Crippen LogP) is 2.57. The van der Waals surface area contributed by atoms with Crippen molar-refractivity contribution in [2.45, 2.75) is 19.5 Å². The molecule has 1 atom stereocenters. The first-order valence-corrected chi connectivity index (χ1v) is 11.0. The lowest BCUT2D eigenvalue weighted by Crippen LogP contribution is -2.39. The molecular formula is C23H21N5O3S. The zero-order chi connectivity index (χ0) is 22.5. The maximum atomic E-state index is 12.7. The van der Waals surface area contributed by atoms with E-state index >= 15 is 0 Å². The van der Waals surface area contributed by atoms with Crippen LogP contribution >= 0.6 is 11.3 Å². The maximum Gasteiger partial charge on any atom is 0.267 e. The molecule has 0 aliphatic carbocycles. The van der Waals surface area contributed by atoms with Gasteiger partial charge in [-0.25, -0.2) is 9.36 Å². The number of hydrogen-bond acceptors (Lipinski definition) is 6. The van der Waals surface area contributed by atoms with Gasteiger partial charge in [0, 0.05) is 24.2 Å². The van der Waals surface area contributed by atoms with Crippen molar-refractivity contribution in [2.75, 3.05) is 6.54 Å². The van der Waals surface area contributed by atoms with Gasteiger partial charge in [-0.1, -0.05) is 36.4 Å². The van der Waals surface area contributed by atoms with E-state index in [0.717, 1.165) is 10.4 Å². The zero-order valence-corrected chi connectivity index (χ0v) is 18.2. The lowest BCUT2D eigenvalue weighted by molar-refractivity contribution is -0.124. The molecule has 162 valence electrons. The molecule has 1 unspecified atom stereocenters. The number of rotatable bonds is 7. The summed E-state index contributed by atoms with van der Waals surface area (Å²) in [5, 5.41) is 13.4. The van der Waals surface area contributed by atoms with Crippen molar-refractivity contribution in [3.8, 4) is 21.8 Å². The highest BCUT2D eigenvalue weighted by Crippen LogP contribution is 2.21. The van der Waals surface area contributed by atoms with E-state index in [9.17, 15) is 14.4 Å². The summed E-state index contributed by atoms with van der Waals surface area (Å²) in [7, 11) is 0. The van der Waals surface area contributed by atoms with E-state index in [2.05, 4.69) is 15.5 Å². The van der Waals surface area contributed by atoms with E-state index in [4.69, 9.17) is 0 Å². The Kier molecular flexibility index (Phi) is 6.37. The van der Waals surface area contributed by atoms with Crippen LogP contribution in [0.15, 0.2) is 81.7 Å². The highest BCUT2D eigenvalue weighted by Gasteiger charge is 2.18. The van der Waals surface area contributed by atoms with Crippen LogP contribution in [0.2, 0.25) is 0 Å². The van der Waals surface area contributed by atoms with Crippen molar-refractivity contribution in [3.05, 3.63) is 92.8 Å². The number of thiophene rings is 1. The van der Waals surface area contributed by atoms with Crippen LogP contribution in [0.3, 0.4) is 0 Å². The van der Waals surface area contributed by atoms with Gasteiger partial charge in [-0.2, -0.15) is 10.2 Å². The van der Waals surface area contributed by atoms with Crippen LogP contribution in [-0.2, 0) is 11.3 Å². The Balaban J connectivity index is 1.44. The fourth-order valence-corrected chi connectivity index (χ4v) is 3.86. The van der Waals surface area contributed by atoms with Crippen molar-refractivity contribution in [3.63, 3.8) is 0 Å². The first kappa shape index (κ1) is 21.4. The number of hydrogen-bond donors (Lipinski definition) is 1. The van der Waals surface area contributed by atoms with E-state index in [1.165, 1.54) is 32.8 Å². The molecule has 9 heteroatoms. The van der Waals surface area contributed by atoms with Crippen molar-refractivity contribution < 1.29 is 4.79 Å². The molecule has 3 heterocycles. The molecule has 0 fully saturated rings. The van der Waals surface area contributed by atoms with Gasteiger partial charge in [0.1, 0.15) is 11.7 Å². The van der Waals surface area contributed by atoms with Crippen LogP contribution < -0.4 is 16.4 Å². The molecule has 0 saturated carbocycles. The standard InChI is InChI=1S/C23H21N5O3S/c1-16(28-22(30)12-9-18(26-28)17-6-3-2-4-7-17)23(31)24-13-14-27-21(29)11-10-19(25-27)20-8-5-15-32-20/h2-12,15-16H,13-14H2,1H3,(H,24,31). The van der Waals surface area contributed by atoms with Crippen molar-refractivity contribution in [1.82, 2.24) is 24.9 Å². The minimum Gasteiger partial charge on any atom is -0.352 e. The first-order valence-electron chi connectivity index (χ1n) is 10.1. The molecular weight excluding hydrogens is 426 g/mol. The minimum atomic E-state index is -0.812. The highest BCUT2D eigenvalue weighted by molar-refractivity contribution is 7.13. The third-order valence-electron chi connectivity index (χ3n) is 4.90. The third-order valence-corrected chi connectivity index (χ3v) is 5.80. The van der Waals surface area contributed by atoms with Gasteiger partial charge in [0.2, 0.25) is 5.91 Å². The zero-order valence-electron chi connectivity index (χ0n) is 17.3. The van der Waals surface area contributed by atoms with Crippen LogP contribution in [0.1, 0.15) is 13.0 Å². The first-order chi connectivity index (χ1) is 15.5.